The number of aryl methyl sites for hydroxylation is 1. The Morgan fingerprint density at radius 1 is 1.00 bits per heavy atom. The third-order valence-corrected chi connectivity index (χ3v) is 4.60. The quantitative estimate of drug-likeness (QED) is 0.648. The van der Waals surface area contributed by atoms with Gasteiger partial charge in [0.15, 0.2) is 5.78 Å². The van der Waals surface area contributed by atoms with Gasteiger partial charge in [0.2, 0.25) is 9.84 Å². The van der Waals surface area contributed by atoms with Crippen LogP contribution in [0.2, 0.25) is 0 Å². The Hall–Kier alpha value is -2.38. The molecule has 2 rings (SSSR count). The van der Waals surface area contributed by atoms with Crippen LogP contribution in [-0.4, -0.2) is 27.0 Å². The predicted molar refractivity (Wildman–Crippen MR) is 94.3 cm³/mol. The number of benzene rings is 2. The molecule has 0 radical (unpaired) electrons. The zero-order chi connectivity index (χ0) is 19.0. The topological polar surface area (TPSA) is 77.2 Å². The van der Waals surface area contributed by atoms with Crippen LogP contribution in [0.3, 0.4) is 0 Å². The van der Waals surface area contributed by atoms with Gasteiger partial charge in [-0.15, -0.1) is 0 Å². The second kappa shape index (κ2) is 9.19. The molecule has 0 amide bonds. The third kappa shape index (κ3) is 5.58. The lowest BCUT2D eigenvalue weighted by Gasteiger charge is -2.03. The molecule has 0 saturated heterocycles. The molecular formula is C18H19F2NO3S. The number of nitrogens with two attached hydrogens (primary N) is 1. The van der Waals surface area contributed by atoms with Crippen LogP contribution in [0.15, 0.2) is 59.5 Å². The van der Waals surface area contributed by atoms with Crippen LogP contribution in [0, 0.1) is 6.92 Å². The number of allylic oxidation sites excluding steroid dienone is 1. The lowest BCUT2D eigenvalue weighted by molar-refractivity contribution is 0.104. The first-order valence-electron chi connectivity index (χ1n) is 7.29. The van der Waals surface area contributed by atoms with E-state index in [-0.39, 0.29) is 11.3 Å². The van der Waals surface area contributed by atoms with E-state index in [0.29, 0.717) is 0 Å². The number of alkyl halides is 2. The summed E-state index contributed by atoms with van der Waals surface area (Å²) in [5, 5.41) is 0. The summed E-state index contributed by atoms with van der Waals surface area (Å²) in [6, 6.07) is 12.0. The largest absolute Gasteiger partial charge is 0.341 e. The fraction of sp³-hybridized carbons (Fsp3) is 0.167. The molecular weight excluding hydrogens is 348 g/mol. The van der Waals surface area contributed by atoms with Gasteiger partial charge in [0.1, 0.15) is 0 Å². The van der Waals surface area contributed by atoms with Crippen molar-refractivity contribution >= 4 is 21.7 Å². The van der Waals surface area contributed by atoms with Gasteiger partial charge in [0.25, 0.3) is 0 Å². The van der Waals surface area contributed by atoms with Gasteiger partial charge in [-0.3, -0.25) is 4.79 Å². The summed E-state index contributed by atoms with van der Waals surface area (Å²) in [4.78, 5) is 11.5. The van der Waals surface area contributed by atoms with E-state index in [1.54, 1.807) is 6.08 Å². The molecule has 0 aliphatic heterocycles. The highest BCUT2D eigenvalue weighted by Crippen LogP contribution is 2.19. The van der Waals surface area contributed by atoms with Crippen LogP contribution in [0.5, 0.6) is 0 Å². The Kier molecular flexibility index (Phi) is 7.60. The molecule has 2 N–H and O–H groups in total. The van der Waals surface area contributed by atoms with Gasteiger partial charge in [-0.25, -0.2) is 8.42 Å². The average molecular weight is 367 g/mol. The molecule has 0 heterocycles. The van der Waals surface area contributed by atoms with Crippen molar-refractivity contribution in [1.29, 1.82) is 0 Å². The van der Waals surface area contributed by atoms with Crippen molar-refractivity contribution in [1.82, 2.24) is 0 Å². The van der Waals surface area contributed by atoms with Crippen molar-refractivity contribution in [2.45, 2.75) is 17.6 Å². The van der Waals surface area contributed by atoms with Crippen LogP contribution in [-0.2, 0) is 9.84 Å². The number of hydrogen-bond acceptors (Lipinski definition) is 4. The Labute approximate surface area is 145 Å². The number of rotatable bonds is 5. The standard InChI is InChI=1S/C17H14F2O3S.CH5N/c1-12-2-4-13(5-3-12)6-11-16(20)14-7-9-15(10-8-14)23(21,22)17(18)19;1-2/h2-11,17H,1H3;2H2,1H3. The van der Waals surface area contributed by atoms with E-state index in [0.717, 1.165) is 23.3 Å². The molecule has 0 fully saturated rings. The fourth-order valence-corrected chi connectivity index (χ4v) is 2.58. The summed E-state index contributed by atoms with van der Waals surface area (Å²) >= 11 is 0. The molecule has 0 aromatic heterocycles. The van der Waals surface area contributed by atoms with E-state index < -0.39 is 20.5 Å². The highest BCUT2D eigenvalue weighted by Gasteiger charge is 2.26. The zero-order valence-electron chi connectivity index (χ0n) is 13.8. The number of halogens is 2. The molecule has 2 aromatic carbocycles. The van der Waals surface area contributed by atoms with Gasteiger partial charge in [-0.05, 0) is 49.9 Å². The fourth-order valence-electron chi connectivity index (χ4n) is 1.86. The summed E-state index contributed by atoms with van der Waals surface area (Å²) in [6.45, 7) is 1.95. The SMILES string of the molecule is CN.Cc1ccc(C=CC(=O)c2ccc(S(=O)(=O)C(F)F)cc2)cc1. The van der Waals surface area contributed by atoms with E-state index >= 15 is 0 Å². The minimum Gasteiger partial charge on any atom is -0.333 e. The third-order valence-electron chi connectivity index (χ3n) is 3.21. The molecule has 0 bridgehead atoms. The highest BCUT2D eigenvalue weighted by molar-refractivity contribution is 7.91. The Bertz CT molecular complexity index is 828. The lowest BCUT2D eigenvalue weighted by atomic mass is 10.1. The summed E-state index contributed by atoms with van der Waals surface area (Å²) in [5.74, 6) is -3.82. The summed E-state index contributed by atoms with van der Waals surface area (Å²) in [7, 11) is -3.14. The van der Waals surface area contributed by atoms with Crippen LogP contribution in [0.4, 0.5) is 8.78 Å². The van der Waals surface area contributed by atoms with E-state index in [1.165, 1.54) is 25.3 Å². The lowest BCUT2D eigenvalue weighted by Crippen LogP contribution is -2.11. The summed E-state index contributed by atoms with van der Waals surface area (Å²) in [5.41, 5.74) is 6.67. The molecule has 7 heteroatoms. The van der Waals surface area contributed by atoms with Gasteiger partial charge in [-0.2, -0.15) is 8.78 Å². The smallest absolute Gasteiger partial charge is 0.333 e. The first kappa shape index (κ1) is 20.7. The van der Waals surface area contributed by atoms with E-state index in [2.05, 4.69) is 5.73 Å². The molecule has 4 nitrogen and oxygen atoms in total. The maximum Gasteiger partial charge on any atom is 0.341 e. The van der Waals surface area contributed by atoms with Crippen molar-refractivity contribution in [3.05, 3.63) is 71.3 Å². The first-order chi connectivity index (χ1) is 11.8. The normalized spacial score (nSPS) is 11.3. The van der Waals surface area contributed by atoms with Crippen LogP contribution in [0.25, 0.3) is 6.08 Å². The Morgan fingerprint density at radius 3 is 2.00 bits per heavy atom. The van der Waals surface area contributed by atoms with Crippen molar-refractivity contribution < 1.29 is 22.0 Å². The number of carbonyl (C=O) groups excluding carboxylic acids is 1. The Balaban J connectivity index is 0.00000151. The number of hydrogen-bond donors (Lipinski definition) is 1. The van der Waals surface area contributed by atoms with Gasteiger partial charge >= 0.3 is 5.76 Å². The molecule has 0 spiro atoms. The predicted octanol–water partition coefficient (Wildman–Crippen LogP) is 3.46. The van der Waals surface area contributed by atoms with Crippen molar-refractivity contribution in [2.24, 2.45) is 5.73 Å². The molecule has 0 aliphatic rings. The van der Waals surface area contributed by atoms with Gasteiger partial charge in [0.05, 0.1) is 4.90 Å². The van der Waals surface area contributed by atoms with Crippen molar-refractivity contribution in [3.8, 4) is 0 Å². The van der Waals surface area contributed by atoms with Gasteiger partial charge in [0, 0.05) is 5.56 Å². The molecule has 0 aliphatic carbocycles. The molecule has 134 valence electrons. The second-order valence-corrected chi connectivity index (χ2v) is 6.86. The van der Waals surface area contributed by atoms with Crippen molar-refractivity contribution in [3.63, 3.8) is 0 Å². The van der Waals surface area contributed by atoms with E-state index in [4.69, 9.17) is 0 Å². The maximum absolute atomic E-state index is 12.4. The van der Waals surface area contributed by atoms with Crippen LogP contribution >= 0.6 is 0 Å². The Morgan fingerprint density at radius 2 is 1.52 bits per heavy atom. The summed E-state index contributed by atoms with van der Waals surface area (Å²) < 4.78 is 47.5. The average Bonchev–Trinajstić information content (AvgIpc) is 2.62. The van der Waals surface area contributed by atoms with Crippen LogP contribution in [0.1, 0.15) is 21.5 Å². The van der Waals surface area contributed by atoms with Gasteiger partial charge < -0.3 is 5.73 Å². The molecule has 0 atom stereocenters. The number of carbonyl (C=O) groups is 1. The maximum atomic E-state index is 12.4. The zero-order valence-corrected chi connectivity index (χ0v) is 14.6. The minimum absolute atomic E-state index is 0.224. The molecule has 0 saturated carbocycles. The number of ketones is 1. The minimum atomic E-state index is -4.64. The van der Waals surface area contributed by atoms with Crippen LogP contribution < -0.4 is 5.73 Å². The summed E-state index contributed by atoms with van der Waals surface area (Å²) in [6.07, 6.45) is 2.98. The number of sulfone groups is 1. The first-order valence-corrected chi connectivity index (χ1v) is 8.84. The van der Waals surface area contributed by atoms with Gasteiger partial charge in [-0.1, -0.05) is 35.9 Å². The highest BCUT2D eigenvalue weighted by atomic mass is 32.2. The van der Waals surface area contributed by atoms with E-state index in [9.17, 15) is 22.0 Å². The van der Waals surface area contributed by atoms with E-state index in [1.807, 2.05) is 31.2 Å². The molecule has 2 aromatic rings. The molecule has 25 heavy (non-hydrogen) atoms. The second-order valence-electron chi connectivity index (χ2n) is 4.94. The molecule has 0 unspecified atom stereocenters. The monoisotopic (exact) mass is 367 g/mol. The van der Waals surface area contributed by atoms with Crippen molar-refractivity contribution in [2.75, 3.05) is 7.05 Å².